The molecule has 0 bridgehead atoms. The Morgan fingerprint density at radius 3 is 1.83 bits per heavy atom. The minimum absolute atomic E-state index is 0.264. The van der Waals surface area contributed by atoms with Crippen LogP contribution in [0.2, 0.25) is 0 Å². The number of benzene rings is 1. The monoisotopic (exact) mass is 418 g/mol. The second-order valence-electron chi connectivity index (χ2n) is 8.68. The summed E-state index contributed by atoms with van der Waals surface area (Å²) in [6.07, 6.45) is 11.9. The molecule has 2 nitrogen and oxygen atoms in total. The molecule has 2 rings (SSSR count). The summed E-state index contributed by atoms with van der Waals surface area (Å²) in [6.45, 7) is 16.9. The summed E-state index contributed by atoms with van der Waals surface area (Å²) in [5, 5.41) is 0. The fraction of sp³-hybridized carbons (Fsp3) is 0.679. The molecule has 3 unspecified atom stereocenters. The van der Waals surface area contributed by atoms with Crippen molar-refractivity contribution < 1.29 is 9.53 Å². The Kier molecular flexibility index (Phi) is 21.4. The number of allylic oxidation sites excluding steroid dienone is 1. The number of Topliss-reactive ketones (excluding diaryl/α,β-unsaturated/α-hetero) is 1. The maximum Gasteiger partial charge on any atom is 0.132 e. The van der Waals surface area contributed by atoms with E-state index < -0.39 is 0 Å². The van der Waals surface area contributed by atoms with E-state index in [4.69, 9.17) is 4.74 Å². The highest BCUT2D eigenvalue weighted by atomic mass is 16.5. The van der Waals surface area contributed by atoms with Crippen LogP contribution in [0.25, 0.3) is 0 Å². The van der Waals surface area contributed by atoms with Crippen LogP contribution in [-0.2, 0) is 16.0 Å². The highest BCUT2D eigenvalue weighted by Gasteiger charge is 2.04. The Bertz CT molecular complexity index is 517. The van der Waals surface area contributed by atoms with Crippen LogP contribution in [0.4, 0.5) is 0 Å². The van der Waals surface area contributed by atoms with Crippen molar-refractivity contribution in [3.8, 4) is 0 Å². The van der Waals surface area contributed by atoms with Gasteiger partial charge in [0.2, 0.25) is 0 Å². The highest BCUT2D eigenvalue weighted by Crippen LogP contribution is 2.13. The lowest BCUT2D eigenvalue weighted by Gasteiger charge is -2.09. The van der Waals surface area contributed by atoms with E-state index in [1.54, 1.807) is 14.0 Å². The van der Waals surface area contributed by atoms with E-state index in [0.29, 0.717) is 11.9 Å². The Hall–Kier alpha value is -1.41. The molecule has 1 aliphatic carbocycles. The van der Waals surface area contributed by atoms with Gasteiger partial charge >= 0.3 is 0 Å². The van der Waals surface area contributed by atoms with E-state index in [1.807, 2.05) is 19.9 Å². The third kappa shape index (κ3) is 19.9. The van der Waals surface area contributed by atoms with Crippen molar-refractivity contribution in [2.45, 2.75) is 100 Å². The number of hydrogen-bond acceptors (Lipinski definition) is 2. The van der Waals surface area contributed by atoms with Gasteiger partial charge in [-0.05, 0) is 56.4 Å². The molecule has 0 aliphatic heterocycles. The van der Waals surface area contributed by atoms with Gasteiger partial charge < -0.3 is 4.74 Å². The SMILES string of the molecule is CCC(C)C(C)=O.CCC(C)CC(C)C.CCc1ccccc1.COC1C=CCC1. The third-order valence-corrected chi connectivity index (χ3v) is 5.40. The van der Waals surface area contributed by atoms with Crippen LogP contribution in [0, 0.1) is 17.8 Å². The molecule has 0 aromatic heterocycles. The number of ether oxygens (including phenoxy) is 1. The molecule has 0 amide bonds. The first kappa shape index (κ1) is 30.8. The van der Waals surface area contributed by atoms with Crippen LogP contribution < -0.4 is 0 Å². The van der Waals surface area contributed by atoms with Crippen molar-refractivity contribution in [1.82, 2.24) is 0 Å². The molecule has 0 spiro atoms. The average molecular weight is 419 g/mol. The number of ketones is 1. The molecule has 3 atom stereocenters. The standard InChI is InChI=1S/C8H10.C8H18.C6H10O.C6H12O/c1-2-8-6-4-3-5-7-8;1-5-8(4)6-7(2)3;1-7-6-4-2-3-5-6;1-4-5(2)6(3)7/h3-7H,2H2,1H3;7-8H,5-6H2,1-4H3;2,4,6H,3,5H2,1H3;5H,4H2,1-3H3. The molecular weight excluding hydrogens is 368 g/mol. The van der Waals surface area contributed by atoms with Crippen LogP contribution in [-0.4, -0.2) is 19.0 Å². The van der Waals surface area contributed by atoms with Gasteiger partial charge in [0.25, 0.3) is 0 Å². The van der Waals surface area contributed by atoms with Crippen LogP contribution in [0.3, 0.4) is 0 Å². The number of aryl methyl sites for hydroxylation is 1. The first-order valence-corrected chi connectivity index (χ1v) is 11.9. The predicted molar refractivity (Wildman–Crippen MR) is 134 cm³/mol. The van der Waals surface area contributed by atoms with E-state index >= 15 is 0 Å². The van der Waals surface area contributed by atoms with Crippen molar-refractivity contribution in [1.29, 1.82) is 0 Å². The lowest BCUT2D eigenvalue weighted by molar-refractivity contribution is -0.120. The van der Waals surface area contributed by atoms with Gasteiger partial charge in [0, 0.05) is 13.0 Å². The minimum Gasteiger partial charge on any atom is -0.377 e. The molecule has 174 valence electrons. The maximum atomic E-state index is 10.4. The topological polar surface area (TPSA) is 26.3 Å². The van der Waals surface area contributed by atoms with Crippen LogP contribution in [0.5, 0.6) is 0 Å². The second-order valence-corrected chi connectivity index (χ2v) is 8.68. The molecule has 0 fully saturated rings. The summed E-state index contributed by atoms with van der Waals surface area (Å²) in [4.78, 5) is 10.4. The van der Waals surface area contributed by atoms with Gasteiger partial charge in [-0.3, -0.25) is 4.79 Å². The van der Waals surface area contributed by atoms with Crippen LogP contribution >= 0.6 is 0 Å². The largest absolute Gasteiger partial charge is 0.377 e. The molecule has 0 N–H and O–H groups in total. The number of carbonyl (C=O) groups is 1. The van der Waals surface area contributed by atoms with Crippen molar-refractivity contribution in [3.63, 3.8) is 0 Å². The Balaban J connectivity index is 0. The fourth-order valence-corrected chi connectivity index (χ4v) is 2.77. The molecule has 0 saturated carbocycles. The predicted octanol–water partition coefficient (Wildman–Crippen LogP) is 8.30. The summed E-state index contributed by atoms with van der Waals surface area (Å²) in [6, 6.07) is 10.5. The average Bonchev–Trinajstić information content (AvgIpc) is 3.28. The third-order valence-electron chi connectivity index (χ3n) is 5.40. The van der Waals surface area contributed by atoms with Crippen molar-refractivity contribution in [3.05, 3.63) is 48.0 Å². The van der Waals surface area contributed by atoms with Crippen molar-refractivity contribution >= 4 is 5.78 Å². The maximum absolute atomic E-state index is 10.4. The molecular formula is C28H50O2. The number of hydrogen-bond donors (Lipinski definition) is 0. The van der Waals surface area contributed by atoms with Gasteiger partial charge in [-0.25, -0.2) is 0 Å². The summed E-state index contributed by atoms with van der Waals surface area (Å²) >= 11 is 0. The summed E-state index contributed by atoms with van der Waals surface area (Å²) in [5.74, 6) is 2.36. The number of methoxy groups -OCH3 is 1. The molecule has 30 heavy (non-hydrogen) atoms. The van der Waals surface area contributed by atoms with Gasteiger partial charge in [0.15, 0.2) is 0 Å². The lowest BCUT2D eigenvalue weighted by Crippen LogP contribution is -2.03. The zero-order valence-corrected chi connectivity index (χ0v) is 21.4. The molecule has 0 radical (unpaired) electrons. The zero-order chi connectivity index (χ0) is 23.4. The summed E-state index contributed by atoms with van der Waals surface area (Å²) in [7, 11) is 1.75. The Labute approximate surface area is 188 Å². The van der Waals surface area contributed by atoms with E-state index in [0.717, 1.165) is 24.7 Å². The van der Waals surface area contributed by atoms with E-state index in [2.05, 4.69) is 71.0 Å². The van der Waals surface area contributed by atoms with Gasteiger partial charge in [-0.15, -0.1) is 0 Å². The molecule has 0 heterocycles. The molecule has 1 aromatic rings. The van der Waals surface area contributed by atoms with Gasteiger partial charge in [-0.2, -0.15) is 0 Å². The Morgan fingerprint density at radius 2 is 1.63 bits per heavy atom. The second kappa shape index (κ2) is 20.8. The first-order valence-electron chi connectivity index (χ1n) is 11.9. The zero-order valence-electron chi connectivity index (χ0n) is 21.4. The van der Waals surface area contributed by atoms with Crippen molar-refractivity contribution in [2.75, 3.05) is 7.11 Å². The summed E-state index contributed by atoms with van der Waals surface area (Å²) < 4.78 is 5.02. The number of rotatable bonds is 7. The minimum atomic E-state index is 0.264. The van der Waals surface area contributed by atoms with Crippen molar-refractivity contribution in [2.24, 2.45) is 17.8 Å². The lowest BCUT2D eigenvalue weighted by atomic mass is 9.97. The molecule has 1 aromatic carbocycles. The highest BCUT2D eigenvalue weighted by molar-refractivity contribution is 5.77. The molecule has 1 aliphatic rings. The molecule has 0 saturated heterocycles. The van der Waals surface area contributed by atoms with E-state index in [-0.39, 0.29) is 5.92 Å². The Morgan fingerprint density at radius 1 is 1.03 bits per heavy atom. The summed E-state index contributed by atoms with van der Waals surface area (Å²) in [5.41, 5.74) is 1.41. The fourth-order valence-electron chi connectivity index (χ4n) is 2.77. The van der Waals surface area contributed by atoms with Crippen LogP contribution in [0.1, 0.15) is 93.1 Å². The van der Waals surface area contributed by atoms with Gasteiger partial charge in [0.1, 0.15) is 5.78 Å². The van der Waals surface area contributed by atoms with Gasteiger partial charge in [0.05, 0.1) is 6.10 Å². The van der Waals surface area contributed by atoms with Crippen LogP contribution in [0.15, 0.2) is 42.5 Å². The quantitative estimate of drug-likeness (QED) is 0.416. The first-order chi connectivity index (χ1) is 14.2. The smallest absolute Gasteiger partial charge is 0.132 e. The molecule has 2 heteroatoms. The van der Waals surface area contributed by atoms with E-state index in [1.165, 1.54) is 31.2 Å². The van der Waals surface area contributed by atoms with E-state index in [9.17, 15) is 4.79 Å². The normalized spacial score (nSPS) is 16.3. The van der Waals surface area contributed by atoms with Gasteiger partial charge in [-0.1, -0.05) is 97.4 Å². The number of carbonyl (C=O) groups excluding carboxylic acids is 1.